The number of piperazine rings is 1. The second kappa shape index (κ2) is 10.6. The van der Waals surface area contributed by atoms with E-state index in [4.69, 9.17) is 4.74 Å². The van der Waals surface area contributed by atoms with Crippen molar-refractivity contribution in [1.82, 2.24) is 14.8 Å². The van der Waals surface area contributed by atoms with E-state index in [1.54, 1.807) is 24.4 Å². The van der Waals surface area contributed by atoms with Gasteiger partial charge in [-0.25, -0.2) is 4.39 Å². The molecule has 36 heavy (non-hydrogen) atoms. The van der Waals surface area contributed by atoms with Crippen LogP contribution in [0.2, 0.25) is 0 Å². The van der Waals surface area contributed by atoms with Crippen LogP contribution in [-0.2, 0) is 11.0 Å². The van der Waals surface area contributed by atoms with E-state index in [1.165, 1.54) is 52.4 Å². The lowest BCUT2D eigenvalue weighted by molar-refractivity contribution is -0.138. The minimum atomic E-state index is -4.64. The maximum absolute atomic E-state index is 14.4. The third-order valence-electron chi connectivity index (χ3n) is 5.58. The van der Waals surface area contributed by atoms with Gasteiger partial charge in [0.25, 0.3) is 5.91 Å². The van der Waals surface area contributed by atoms with Crippen LogP contribution in [0.1, 0.15) is 21.5 Å². The molecule has 1 aromatic heterocycles. The standard InChI is InChI=1S/C26H21F4N3O3/c27-22-16-18(7-9-23(22)36-19-4-3-11-31-17-19)8-10-24(34)32-12-14-33(15-13-32)25(35)20-5-1-2-6-21(20)26(28,29)30/h1-11,16-17H,12-15H2/b10-8+. The van der Waals surface area contributed by atoms with E-state index in [0.717, 1.165) is 12.1 Å². The summed E-state index contributed by atoms with van der Waals surface area (Å²) in [7, 11) is 0. The predicted octanol–water partition coefficient (Wildman–Crippen LogP) is 5.03. The van der Waals surface area contributed by atoms with Crippen LogP contribution in [0.5, 0.6) is 11.5 Å². The summed E-state index contributed by atoms with van der Waals surface area (Å²) >= 11 is 0. The Kier molecular flexibility index (Phi) is 7.33. The Bertz CT molecular complexity index is 1270. The second-order valence-corrected chi connectivity index (χ2v) is 7.97. The molecule has 4 rings (SSSR count). The molecule has 0 spiro atoms. The molecule has 1 saturated heterocycles. The van der Waals surface area contributed by atoms with Crippen molar-refractivity contribution in [3.05, 3.63) is 95.6 Å². The Balaban J connectivity index is 1.34. The third-order valence-corrected chi connectivity index (χ3v) is 5.58. The number of carbonyl (C=O) groups is 2. The monoisotopic (exact) mass is 499 g/mol. The van der Waals surface area contributed by atoms with Crippen molar-refractivity contribution in [3.8, 4) is 11.5 Å². The maximum atomic E-state index is 14.4. The number of aromatic nitrogens is 1. The van der Waals surface area contributed by atoms with Crippen molar-refractivity contribution in [3.63, 3.8) is 0 Å². The summed E-state index contributed by atoms with van der Waals surface area (Å²) in [5.74, 6) is -1.29. The van der Waals surface area contributed by atoms with Gasteiger partial charge in [0, 0.05) is 38.5 Å². The van der Waals surface area contributed by atoms with Crippen molar-refractivity contribution in [2.45, 2.75) is 6.18 Å². The molecule has 0 radical (unpaired) electrons. The number of hydrogen-bond acceptors (Lipinski definition) is 4. The first-order valence-electron chi connectivity index (χ1n) is 11.0. The van der Waals surface area contributed by atoms with E-state index in [-0.39, 0.29) is 37.8 Å². The molecule has 0 aliphatic carbocycles. The number of rotatable bonds is 5. The zero-order valence-electron chi connectivity index (χ0n) is 18.9. The van der Waals surface area contributed by atoms with Gasteiger partial charge in [0.2, 0.25) is 5.91 Å². The lowest BCUT2D eigenvalue weighted by Crippen LogP contribution is -2.50. The van der Waals surface area contributed by atoms with Crippen LogP contribution >= 0.6 is 0 Å². The number of amides is 2. The second-order valence-electron chi connectivity index (χ2n) is 7.97. The molecule has 10 heteroatoms. The van der Waals surface area contributed by atoms with Crippen molar-refractivity contribution < 1.29 is 31.9 Å². The molecule has 0 unspecified atom stereocenters. The summed E-state index contributed by atoms with van der Waals surface area (Å²) in [5.41, 5.74) is -0.958. The van der Waals surface area contributed by atoms with E-state index in [0.29, 0.717) is 11.3 Å². The van der Waals surface area contributed by atoms with Gasteiger partial charge < -0.3 is 14.5 Å². The number of halogens is 4. The Morgan fingerprint density at radius 1 is 0.944 bits per heavy atom. The molecule has 2 amide bonds. The molecule has 1 aliphatic rings. The normalized spacial score (nSPS) is 14.2. The fourth-order valence-electron chi connectivity index (χ4n) is 3.73. The van der Waals surface area contributed by atoms with Crippen molar-refractivity contribution in [2.24, 2.45) is 0 Å². The number of ether oxygens (including phenoxy) is 1. The molecule has 186 valence electrons. The summed E-state index contributed by atoms with van der Waals surface area (Å²) in [6.07, 6.45) is 1.12. The van der Waals surface area contributed by atoms with Crippen LogP contribution in [0, 0.1) is 5.82 Å². The van der Waals surface area contributed by atoms with Crippen LogP contribution in [0.4, 0.5) is 17.6 Å². The first-order valence-corrected chi connectivity index (χ1v) is 11.0. The van der Waals surface area contributed by atoms with Crippen LogP contribution < -0.4 is 4.74 Å². The highest BCUT2D eigenvalue weighted by molar-refractivity contribution is 5.96. The fraction of sp³-hybridized carbons (Fsp3) is 0.192. The smallest absolute Gasteiger partial charge is 0.417 e. The highest BCUT2D eigenvalue weighted by Crippen LogP contribution is 2.32. The van der Waals surface area contributed by atoms with E-state index in [9.17, 15) is 27.2 Å². The summed E-state index contributed by atoms with van der Waals surface area (Å²) in [6.45, 7) is 0.518. The van der Waals surface area contributed by atoms with Gasteiger partial charge >= 0.3 is 6.18 Å². The van der Waals surface area contributed by atoms with Crippen LogP contribution in [0.3, 0.4) is 0 Å². The van der Waals surface area contributed by atoms with Gasteiger partial charge in [0.05, 0.1) is 17.3 Å². The van der Waals surface area contributed by atoms with Gasteiger partial charge in [-0.1, -0.05) is 18.2 Å². The molecule has 2 heterocycles. The SMILES string of the molecule is O=C(/C=C/c1ccc(Oc2cccnc2)c(F)c1)N1CCN(C(=O)c2ccccc2C(F)(F)F)CC1. The third kappa shape index (κ3) is 5.88. The molecule has 3 aromatic rings. The number of pyridine rings is 1. The van der Waals surface area contributed by atoms with Gasteiger partial charge in [-0.2, -0.15) is 13.2 Å². The first kappa shape index (κ1) is 24.9. The average molecular weight is 499 g/mol. The van der Waals surface area contributed by atoms with Crippen LogP contribution in [-0.4, -0.2) is 52.8 Å². The first-order chi connectivity index (χ1) is 17.2. The highest BCUT2D eigenvalue weighted by Gasteiger charge is 2.36. The molecular formula is C26H21F4N3O3. The highest BCUT2D eigenvalue weighted by atomic mass is 19.4. The maximum Gasteiger partial charge on any atom is 0.417 e. The summed E-state index contributed by atoms with van der Waals surface area (Å²) in [5, 5.41) is 0. The average Bonchev–Trinajstić information content (AvgIpc) is 2.88. The molecule has 0 atom stereocenters. The minimum Gasteiger partial charge on any atom is -0.453 e. The molecule has 0 N–H and O–H groups in total. The molecular weight excluding hydrogens is 478 g/mol. The Morgan fingerprint density at radius 3 is 2.33 bits per heavy atom. The van der Waals surface area contributed by atoms with Gasteiger partial charge in [-0.15, -0.1) is 0 Å². The number of alkyl halides is 3. The predicted molar refractivity (Wildman–Crippen MR) is 124 cm³/mol. The van der Waals surface area contributed by atoms with E-state index in [1.807, 2.05) is 0 Å². The van der Waals surface area contributed by atoms with Gasteiger partial charge in [-0.3, -0.25) is 14.6 Å². The lowest BCUT2D eigenvalue weighted by atomic mass is 10.1. The lowest BCUT2D eigenvalue weighted by Gasteiger charge is -2.34. The summed E-state index contributed by atoms with van der Waals surface area (Å²) in [6, 6.07) is 12.2. The molecule has 2 aromatic carbocycles. The molecule has 6 nitrogen and oxygen atoms in total. The van der Waals surface area contributed by atoms with E-state index in [2.05, 4.69) is 4.98 Å². The molecule has 0 bridgehead atoms. The number of carbonyl (C=O) groups excluding carboxylic acids is 2. The van der Waals surface area contributed by atoms with Crippen LogP contribution in [0.15, 0.2) is 73.1 Å². The topological polar surface area (TPSA) is 62.7 Å². The van der Waals surface area contributed by atoms with Crippen molar-refractivity contribution in [2.75, 3.05) is 26.2 Å². The van der Waals surface area contributed by atoms with E-state index >= 15 is 0 Å². The number of benzene rings is 2. The summed E-state index contributed by atoms with van der Waals surface area (Å²) < 4.78 is 59.6. The summed E-state index contributed by atoms with van der Waals surface area (Å²) in [4.78, 5) is 31.9. The Morgan fingerprint density at radius 2 is 1.67 bits per heavy atom. The van der Waals surface area contributed by atoms with Gasteiger partial charge in [0.1, 0.15) is 5.75 Å². The van der Waals surface area contributed by atoms with Crippen LogP contribution in [0.25, 0.3) is 6.08 Å². The van der Waals surface area contributed by atoms with E-state index < -0.39 is 29.0 Å². The zero-order chi connectivity index (χ0) is 25.7. The van der Waals surface area contributed by atoms with Crippen molar-refractivity contribution >= 4 is 17.9 Å². The fourth-order valence-corrected chi connectivity index (χ4v) is 3.73. The zero-order valence-corrected chi connectivity index (χ0v) is 18.9. The molecule has 1 aliphatic heterocycles. The number of nitrogens with zero attached hydrogens (tertiary/aromatic N) is 3. The number of hydrogen-bond donors (Lipinski definition) is 0. The quantitative estimate of drug-likeness (QED) is 0.365. The van der Waals surface area contributed by atoms with Gasteiger partial charge in [-0.05, 0) is 48.0 Å². The molecule has 1 fully saturated rings. The van der Waals surface area contributed by atoms with Crippen molar-refractivity contribution in [1.29, 1.82) is 0 Å². The Hall–Kier alpha value is -4.21. The Labute approximate surface area is 204 Å². The van der Waals surface area contributed by atoms with Gasteiger partial charge in [0.15, 0.2) is 11.6 Å². The minimum absolute atomic E-state index is 0.0133. The molecule has 0 saturated carbocycles. The largest absolute Gasteiger partial charge is 0.453 e.